The summed E-state index contributed by atoms with van der Waals surface area (Å²) in [6, 6.07) is 7.31. The lowest BCUT2D eigenvalue weighted by Crippen LogP contribution is -2.03. The number of pyridine rings is 1. The minimum atomic E-state index is 0.121. The molecule has 2 aromatic heterocycles. The number of hydrogen-bond donors (Lipinski definition) is 1. The number of nitrogens with one attached hydrogen (secondary N) is 1. The van der Waals surface area contributed by atoms with Crippen molar-refractivity contribution in [2.24, 2.45) is 0 Å². The van der Waals surface area contributed by atoms with Gasteiger partial charge < -0.3 is 5.32 Å². The molecule has 0 amide bonds. The summed E-state index contributed by atoms with van der Waals surface area (Å²) in [7, 11) is 0. The van der Waals surface area contributed by atoms with Gasteiger partial charge in [0, 0.05) is 12.3 Å². The number of rotatable bonds is 3. The van der Waals surface area contributed by atoms with Gasteiger partial charge in [-0.05, 0) is 23.7 Å². The molecule has 0 aliphatic rings. The van der Waals surface area contributed by atoms with E-state index in [9.17, 15) is 0 Å². The maximum Gasteiger partial charge on any atom is 0.225 e. The second-order valence-corrected chi connectivity index (χ2v) is 3.74. The van der Waals surface area contributed by atoms with Crippen LogP contribution in [0, 0.1) is 0 Å². The topological polar surface area (TPSA) is 50.7 Å². The lowest BCUT2D eigenvalue weighted by Gasteiger charge is -2.05. The summed E-state index contributed by atoms with van der Waals surface area (Å²) in [4.78, 5) is 11.9. The Hall–Kier alpha value is -1.39. The summed E-state index contributed by atoms with van der Waals surface area (Å²) in [5.41, 5.74) is 0.911. The van der Waals surface area contributed by atoms with Gasteiger partial charge in [0.1, 0.15) is 11.0 Å². The van der Waals surface area contributed by atoms with Gasteiger partial charge in [0.2, 0.25) is 5.28 Å². The van der Waals surface area contributed by atoms with Gasteiger partial charge in [-0.2, -0.15) is 0 Å². The Bertz CT molecular complexity index is 455. The molecule has 0 atom stereocenters. The van der Waals surface area contributed by atoms with E-state index in [1.807, 2.05) is 18.2 Å². The SMILES string of the molecule is Clc1cc(NCc2ccccn2)nc(Cl)n1. The maximum atomic E-state index is 5.74. The van der Waals surface area contributed by atoms with Crippen molar-refractivity contribution < 1.29 is 0 Å². The monoisotopic (exact) mass is 254 g/mol. The minimum Gasteiger partial charge on any atom is -0.364 e. The Balaban J connectivity index is 2.05. The molecule has 0 aliphatic heterocycles. The summed E-state index contributed by atoms with van der Waals surface area (Å²) in [6.45, 7) is 0.560. The third-order valence-electron chi connectivity index (χ3n) is 1.84. The first-order valence-corrected chi connectivity index (χ1v) is 5.33. The van der Waals surface area contributed by atoms with Gasteiger partial charge in [-0.3, -0.25) is 4.98 Å². The lowest BCUT2D eigenvalue weighted by atomic mass is 10.3. The fourth-order valence-corrected chi connectivity index (χ4v) is 1.57. The van der Waals surface area contributed by atoms with E-state index in [0.29, 0.717) is 17.5 Å². The molecule has 2 rings (SSSR count). The summed E-state index contributed by atoms with van der Waals surface area (Å²) < 4.78 is 0. The van der Waals surface area contributed by atoms with Gasteiger partial charge in [0.25, 0.3) is 0 Å². The summed E-state index contributed by atoms with van der Waals surface area (Å²) in [5, 5.41) is 3.49. The third-order valence-corrected chi connectivity index (χ3v) is 2.21. The summed E-state index contributed by atoms with van der Waals surface area (Å²) in [5.74, 6) is 0.579. The van der Waals surface area contributed by atoms with E-state index in [4.69, 9.17) is 23.2 Å². The van der Waals surface area contributed by atoms with E-state index < -0.39 is 0 Å². The van der Waals surface area contributed by atoms with Crippen LogP contribution >= 0.6 is 23.2 Å². The highest BCUT2D eigenvalue weighted by Gasteiger charge is 2.01. The molecule has 82 valence electrons. The standard InChI is InChI=1S/C10H8Cl2N4/c11-8-5-9(16-10(12)15-8)14-6-7-3-1-2-4-13-7/h1-5H,6H2,(H,14,15,16). The quantitative estimate of drug-likeness (QED) is 0.676. The first-order chi connectivity index (χ1) is 7.74. The van der Waals surface area contributed by atoms with Crippen molar-refractivity contribution >= 4 is 29.0 Å². The molecule has 0 aromatic carbocycles. The largest absolute Gasteiger partial charge is 0.364 e. The Morgan fingerprint density at radius 1 is 1.19 bits per heavy atom. The van der Waals surface area contributed by atoms with Crippen LogP contribution in [0.5, 0.6) is 0 Å². The molecule has 0 aliphatic carbocycles. The predicted molar refractivity (Wildman–Crippen MR) is 63.6 cm³/mol. The third kappa shape index (κ3) is 3.05. The normalized spacial score (nSPS) is 10.1. The fraction of sp³-hybridized carbons (Fsp3) is 0.100. The Morgan fingerprint density at radius 2 is 2.06 bits per heavy atom. The Morgan fingerprint density at radius 3 is 2.75 bits per heavy atom. The molecule has 0 unspecified atom stereocenters. The van der Waals surface area contributed by atoms with Crippen molar-refractivity contribution in [3.8, 4) is 0 Å². The average Bonchev–Trinajstić information content (AvgIpc) is 2.27. The minimum absolute atomic E-state index is 0.121. The van der Waals surface area contributed by atoms with Gasteiger partial charge in [0.15, 0.2) is 0 Å². The molecule has 0 bridgehead atoms. The van der Waals surface area contributed by atoms with Crippen LogP contribution in [0.1, 0.15) is 5.69 Å². The molecule has 0 saturated carbocycles. The molecule has 16 heavy (non-hydrogen) atoms. The van der Waals surface area contributed by atoms with Crippen LogP contribution < -0.4 is 5.32 Å². The van der Waals surface area contributed by atoms with Crippen molar-refractivity contribution in [2.75, 3.05) is 5.32 Å². The van der Waals surface area contributed by atoms with Gasteiger partial charge >= 0.3 is 0 Å². The zero-order valence-corrected chi connectivity index (χ0v) is 9.70. The van der Waals surface area contributed by atoms with Crippen LogP contribution in [0.15, 0.2) is 30.5 Å². The highest BCUT2D eigenvalue weighted by molar-refractivity contribution is 6.32. The number of nitrogens with zero attached hydrogens (tertiary/aromatic N) is 3. The van der Waals surface area contributed by atoms with Crippen LogP contribution in [0.4, 0.5) is 5.82 Å². The fourth-order valence-electron chi connectivity index (χ4n) is 1.16. The van der Waals surface area contributed by atoms with Gasteiger partial charge in [0.05, 0.1) is 12.2 Å². The van der Waals surface area contributed by atoms with E-state index in [2.05, 4.69) is 20.3 Å². The molecule has 4 nitrogen and oxygen atoms in total. The molecular weight excluding hydrogens is 247 g/mol. The van der Waals surface area contributed by atoms with Gasteiger partial charge in [-0.15, -0.1) is 0 Å². The van der Waals surface area contributed by atoms with Gasteiger partial charge in [-0.1, -0.05) is 17.7 Å². The first kappa shape index (κ1) is 11.1. The van der Waals surface area contributed by atoms with Crippen molar-refractivity contribution in [3.05, 3.63) is 46.6 Å². The highest BCUT2D eigenvalue weighted by atomic mass is 35.5. The molecular formula is C10H8Cl2N4. The zero-order chi connectivity index (χ0) is 11.4. The van der Waals surface area contributed by atoms with E-state index in [0.717, 1.165) is 5.69 Å². The number of anilines is 1. The van der Waals surface area contributed by atoms with E-state index >= 15 is 0 Å². The van der Waals surface area contributed by atoms with Crippen LogP contribution in [0.2, 0.25) is 10.4 Å². The number of aromatic nitrogens is 3. The van der Waals surface area contributed by atoms with Crippen molar-refractivity contribution in [3.63, 3.8) is 0 Å². The van der Waals surface area contributed by atoms with E-state index in [-0.39, 0.29) is 5.28 Å². The average molecular weight is 255 g/mol. The van der Waals surface area contributed by atoms with Crippen LogP contribution in [0.3, 0.4) is 0 Å². The Labute approximate surface area is 103 Å². The summed E-state index contributed by atoms with van der Waals surface area (Å²) in [6.07, 6.45) is 1.73. The molecule has 6 heteroatoms. The van der Waals surface area contributed by atoms with E-state index in [1.54, 1.807) is 12.3 Å². The molecule has 1 N–H and O–H groups in total. The lowest BCUT2D eigenvalue weighted by molar-refractivity contribution is 1.02. The molecule has 2 aromatic rings. The number of hydrogen-bond acceptors (Lipinski definition) is 4. The molecule has 0 fully saturated rings. The smallest absolute Gasteiger partial charge is 0.225 e. The predicted octanol–water partition coefficient (Wildman–Crippen LogP) is 2.79. The van der Waals surface area contributed by atoms with Crippen LogP contribution in [0.25, 0.3) is 0 Å². The summed E-state index contributed by atoms with van der Waals surface area (Å²) >= 11 is 11.4. The van der Waals surface area contributed by atoms with E-state index in [1.165, 1.54) is 0 Å². The second kappa shape index (κ2) is 5.09. The molecule has 0 saturated heterocycles. The highest BCUT2D eigenvalue weighted by Crippen LogP contribution is 2.14. The van der Waals surface area contributed by atoms with Crippen molar-refractivity contribution in [1.82, 2.24) is 15.0 Å². The maximum absolute atomic E-state index is 5.74. The van der Waals surface area contributed by atoms with Crippen molar-refractivity contribution in [2.45, 2.75) is 6.54 Å². The van der Waals surface area contributed by atoms with Gasteiger partial charge in [-0.25, -0.2) is 9.97 Å². The molecule has 0 radical (unpaired) electrons. The van der Waals surface area contributed by atoms with Crippen LogP contribution in [-0.2, 0) is 6.54 Å². The second-order valence-electron chi connectivity index (χ2n) is 3.02. The zero-order valence-electron chi connectivity index (χ0n) is 8.19. The molecule has 0 spiro atoms. The van der Waals surface area contributed by atoms with Crippen LogP contribution in [-0.4, -0.2) is 15.0 Å². The number of halogens is 2. The first-order valence-electron chi connectivity index (χ1n) is 4.58. The Kier molecular flexibility index (Phi) is 3.54. The van der Waals surface area contributed by atoms with Crippen molar-refractivity contribution in [1.29, 1.82) is 0 Å². The molecule has 2 heterocycles.